The van der Waals surface area contributed by atoms with E-state index in [-0.39, 0.29) is 5.91 Å². The predicted molar refractivity (Wildman–Crippen MR) is 106 cm³/mol. The first-order valence-electron chi connectivity index (χ1n) is 8.64. The molecule has 0 spiro atoms. The zero-order chi connectivity index (χ0) is 18.5. The molecule has 1 N–H and O–H groups in total. The third-order valence-corrected chi connectivity index (χ3v) is 5.13. The molecule has 0 atom stereocenters. The van der Waals surface area contributed by atoms with Crippen molar-refractivity contribution in [2.75, 3.05) is 44.7 Å². The van der Waals surface area contributed by atoms with E-state index in [4.69, 9.17) is 23.2 Å². The van der Waals surface area contributed by atoms with Gasteiger partial charge in [-0.2, -0.15) is 0 Å². The number of carbonyl (C=O) groups is 1. The van der Waals surface area contributed by atoms with Crippen molar-refractivity contribution in [1.82, 2.24) is 15.2 Å². The number of rotatable bonds is 5. The zero-order valence-electron chi connectivity index (χ0n) is 14.7. The molecule has 3 rings (SSSR count). The normalized spacial score (nSPS) is 15.1. The Morgan fingerprint density at radius 2 is 1.92 bits per heavy atom. The number of halogens is 2. The summed E-state index contributed by atoms with van der Waals surface area (Å²) < 4.78 is 0. The summed E-state index contributed by atoms with van der Waals surface area (Å²) in [5.74, 6) is -0.175. The van der Waals surface area contributed by atoms with Gasteiger partial charge < -0.3 is 15.1 Å². The number of nitrogens with zero attached hydrogens (tertiary/aromatic N) is 3. The summed E-state index contributed by atoms with van der Waals surface area (Å²) >= 11 is 12.1. The van der Waals surface area contributed by atoms with Gasteiger partial charge in [0.05, 0.1) is 0 Å². The molecule has 2 heterocycles. The van der Waals surface area contributed by atoms with Crippen LogP contribution in [0.5, 0.6) is 0 Å². The van der Waals surface area contributed by atoms with Gasteiger partial charge in [0.1, 0.15) is 5.69 Å². The summed E-state index contributed by atoms with van der Waals surface area (Å²) in [6.45, 7) is 4.44. The standard InChI is InChI=1S/C19H22Cl2N4O/c1-24-8-10-25(11-9-24)16-5-7-22-18(13-16)19(26)23-6-4-14-2-3-15(20)12-17(14)21/h2-3,5,7,12-13H,4,6,8-11H2,1H3,(H,23,26). The van der Waals surface area contributed by atoms with Gasteiger partial charge in [0.15, 0.2) is 0 Å². The Bertz CT molecular complexity index is 776. The summed E-state index contributed by atoms with van der Waals surface area (Å²) in [5, 5.41) is 4.12. The Labute approximate surface area is 163 Å². The number of likely N-dealkylation sites (N-methyl/N-ethyl adjacent to an activating group) is 1. The number of carbonyl (C=O) groups excluding carboxylic acids is 1. The number of hydrogen-bond donors (Lipinski definition) is 1. The van der Waals surface area contributed by atoms with E-state index in [9.17, 15) is 4.79 Å². The summed E-state index contributed by atoms with van der Waals surface area (Å²) in [4.78, 5) is 21.2. The largest absolute Gasteiger partial charge is 0.369 e. The number of nitrogens with one attached hydrogen (secondary N) is 1. The van der Waals surface area contributed by atoms with Gasteiger partial charge in [0.25, 0.3) is 5.91 Å². The van der Waals surface area contributed by atoms with Crippen molar-refractivity contribution in [3.63, 3.8) is 0 Å². The zero-order valence-corrected chi connectivity index (χ0v) is 16.2. The van der Waals surface area contributed by atoms with Gasteiger partial charge in [-0.1, -0.05) is 29.3 Å². The van der Waals surface area contributed by atoms with Crippen molar-refractivity contribution in [3.8, 4) is 0 Å². The molecular weight excluding hydrogens is 371 g/mol. The van der Waals surface area contributed by atoms with Gasteiger partial charge in [-0.3, -0.25) is 9.78 Å². The van der Waals surface area contributed by atoms with Crippen LogP contribution in [-0.4, -0.2) is 55.6 Å². The molecule has 1 aromatic carbocycles. The number of anilines is 1. The highest BCUT2D eigenvalue weighted by atomic mass is 35.5. The quantitative estimate of drug-likeness (QED) is 0.848. The first-order valence-corrected chi connectivity index (χ1v) is 9.40. The molecule has 1 aliphatic heterocycles. The number of aromatic nitrogens is 1. The number of benzene rings is 1. The lowest BCUT2D eigenvalue weighted by molar-refractivity contribution is 0.0949. The van der Waals surface area contributed by atoms with Crippen molar-refractivity contribution in [3.05, 3.63) is 57.8 Å². The third kappa shape index (κ3) is 4.87. The van der Waals surface area contributed by atoms with Crippen LogP contribution >= 0.6 is 23.2 Å². The minimum atomic E-state index is -0.175. The molecule has 7 heteroatoms. The monoisotopic (exact) mass is 392 g/mol. The summed E-state index contributed by atoms with van der Waals surface area (Å²) in [5.41, 5.74) is 2.43. The fourth-order valence-corrected chi connectivity index (χ4v) is 3.43. The van der Waals surface area contributed by atoms with E-state index in [1.807, 2.05) is 18.2 Å². The van der Waals surface area contributed by atoms with E-state index in [1.165, 1.54) is 0 Å². The summed E-state index contributed by atoms with van der Waals surface area (Å²) in [6.07, 6.45) is 2.33. The van der Waals surface area contributed by atoms with E-state index in [2.05, 4.69) is 27.1 Å². The predicted octanol–water partition coefficient (Wildman–Crippen LogP) is 3.11. The van der Waals surface area contributed by atoms with Crippen LogP contribution in [0, 0.1) is 0 Å². The average Bonchev–Trinajstić information content (AvgIpc) is 2.64. The van der Waals surface area contributed by atoms with Crippen molar-refractivity contribution in [2.45, 2.75) is 6.42 Å². The topological polar surface area (TPSA) is 48.5 Å². The van der Waals surface area contributed by atoms with Crippen molar-refractivity contribution >= 4 is 34.8 Å². The highest BCUT2D eigenvalue weighted by Gasteiger charge is 2.16. The van der Waals surface area contributed by atoms with Gasteiger partial charge in [-0.25, -0.2) is 0 Å². The van der Waals surface area contributed by atoms with E-state index >= 15 is 0 Å². The molecule has 1 amide bonds. The maximum Gasteiger partial charge on any atom is 0.269 e. The molecule has 26 heavy (non-hydrogen) atoms. The van der Waals surface area contributed by atoms with Crippen LogP contribution in [0.25, 0.3) is 0 Å². The first kappa shape index (κ1) is 19.0. The number of pyridine rings is 1. The first-order chi connectivity index (χ1) is 12.5. The second-order valence-corrected chi connectivity index (χ2v) is 7.27. The summed E-state index contributed by atoms with van der Waals surface area (Å²) in [6, 6.07) is 9.20. The lowest BCUT2D eigenvalue weighted by atomic mass is 10.1. The molecule has 1 saturated heterocycles. The molecule has 0 bridgehead atoms. The molecule has 2 aromatic rings. The smallest absolute Gasteiger partial charge is 0.269 e. The molecule has 0 unspecified atom stereocenters. The van der Waals surface area contributed by atoms with Crippen LogP contribution < -0.4 is 10.2 Å². The average molecular weight is 393 g/mol. The highest BCUT2D eigenvalue weighted by molar-refractivity contribution is 6.35. The van der Waals surface area contributed by atoms with Crippen molar-refractivity contribution in [1.29, 1.82) is 0 Å². The van der Waals surface area contributed by atoms with Crippen molar-refractivity contribution in [2.24, 2.45) is 0 Å². The molecule has 5 nitrogen and oxygen atoms in total. The third-order valence-electron chi connectivity index (χ3n) is 4.54. The second kappa shape index (κ2) is 8.71. The lowest BCUT2D eigenvalue weighted by Crippen LogP contribution is -2.44. The van der Waals surface area contributed by atoms with Gasteiger partial charge in [0.2, 0.25) is 0 Å². The fourth-order valence-electron chi connectivity index (χ4n) is 2.93. The molecule has 0 saturated carbocycles. The Balaban J connectivity index is 1.57. The van der Waals surface area contributed by atoms with Crippen LogP contribution in [0.2, 0.25) is 10.0 Å². The second-order valence-electron chi connectivity index (χ2n) is 6.43. The van der Waals surface area contributed by atoms with Gasteiger partial charge in [-0.05, 0) is 43.3 Å². The minimum absolute atomic E-state index is 0.175. The molecule has 1 aromatic heterocycles. The Hall–Kier alpha value is -1.82. The highest BCUT2D eigenvalue weighted by Crippen LogP contribution is 2.21. The van der Waals surface area contributed by atoms with E-state index in [0.29, 0.717) is 28.7 Å². The lowest BCUT2D eigenvalue weighted by Gasteiger charge is -2.34. The number of piperazine rings is 1. The van der Waals surface area contributed by atoms with Crippen LogP contribution in [0.1, 0.15) is 16.1 Å². The van der Waals surface area contributed by atoms with E-state index in [0.717, 1.165) is 37.4 Å². The Morgan fingerprint density at radius 3 is 2.65 bits per heavy atom. The molecule has 138 valence electrons. The van der Waals surface area contributed by atoms with E-state index < -0.39 is 0 Å². The number of amides is 1. The Morgan fingerprint density at radius 1 is 1.15 bits per heavy atom. The maximum atomic E-state index is 12.4. The minimum Gasteiger partial charge on any atom is -0.369 e. The molecule has 1 aliphatic rings. The van der Waals surface area contributed by atoms with Crippen LogP contribution in [0.3, 0.4) is 0 Å². The fraction of sp³-hybridized carbons (Fsp3) is 0.368. The Kier molecular flexibility index (Phi) is 6.35. The van der Waals surface area contributed by atoms with Crippen LogP contribution in [0.15, 0.2) is 36.5 Å². The molecular formula is C19H22Cl2N4O. The number of hydrogen-bond acceptors (Lipinski definition) is 4. The molecule has 0 radical (unpaired) electrons. The van der Waals surface area contributed by atoms with Gasteiger partial charge >= 0.3 is 0 Å². The van der Waals surface area contributed by atoms with Crippen LogP contribution in [-0.2, 0) is 6.42 Å². The maximum absolute atomic E-state index is 12.4. The van der Waals surface area contributed by atoms with Crippen molar-refractivity contribution < 1.29 is 4.79 Å². The van der Waals surface area contributed by atoms with Gasteiger partial charge in [-0.15, -0.1) is 0 Å². The molecule has 0 aliphatic carbocycles. The van der Waals surface area contributed by atoms with Gasteiger partial charge in [0, 0.05) is 54.7 Å². The van der Waals surface area contributed by atoms with Crippen LogP contribution in [0.4, 0.5) is 5.69 Å². The molecule has 1 fully saturated rings. The van der Waals surface area contributed by atoms with E-state index in [1.54, 1.807) is 18.3 Å². The SMILES string of the molecule is CN1CCN(c2ccnc(C(=O)NCCc3ccc(Cl)cc3Cl)c2)CC1. The summed E-state index contributed by atoms with van der Waals surface area (Å²) in [7, 11) is 2.12.